The molecule has 8 nitrogen and oxygen atoms in total. The third-order valence-electron chi connectivity index (χ3n) is 5.32. The monoisotopic (exact) mass is 375 g/mol. The highest BCUT2D eigenvalue weighted by Gasteiger charge is 2.25. The van der Waals surface area contributed by atoms with Crippen LogP contribution in [0.4, 0.5) is 0 Å². The summed E-state index contributed by atoms with van der Waals surface area (Å²) in [6.45, 7) is 8.10. The smallest absolute Gasteiger partial charge is 0.222 e. The van der Waals surface area contributed by atoms with Gasteiger partial charge in [-0.3, -0.25) is 9.79 Å². The van der Waals surface area contributed by atoms with Gasteiger partial charge in [-0.2, -0.15) is 0 Å². The van der Waals surface area contributed by atoms with Gasteiger partial charge in [-0.15, -0.1) is 10.2 Å². The van der Waals surface area contributed by atoms with Crippen molar-refractivity contribution in [1.82, 2.24) is 30.3 Å². The Morgan fingerprint density at radius 3 is 2.93 bits per heavy atom. The molecule has 1 unspecified atom stereocenters. The highest BCUT2D eigenvalue weighted by molar-refractivity contribution is 5.80. The summed E-state index contributed by atoms with van der Waals surface area (Å²) >= 11 is 0. The molecule has 0 aromatic carbocycles. The second-order valence-electron chi connectivity index (χ2n) is 7.33. The van der Waals surface area contributed by atoms with Gasteiger partial charge in [-0.05, 0) is 26.2 Å². The maximum atomic E-state index is 11.9. The van der Waals surface area contributed by atoms with E-state index < -0.39 is 0 Å². The Bertz CT molecular complexity index is 654. The van der Waals surface area contributed by atoms with Crippen molar-refractivity contribution in [3.63, 3.8) is 0 Å². The Hall–Kier alpha value is -2.12. The van der Waals surface area contributed by atoms with Crippen molar-refractivity contribution in [2.75, 3.05) is 26.2 Å². The van der Waals surface area contributed by atoms with Gasteiger partial charge in [0.05, 0.1) is 0 Å². The second kappa shape index (κ2) is 9.71. The molecule has 27 heavy (non-hydrogen) atoms. The Kier molecular flexibility index (Phi) is 7.06. The van der Waals surface area contributed by atoms with E-state index >= 15 is 0 Å². The van der Waals surface area contributed by atoms with Crippen LogP contribution in [-0.2, 0) is 24.2 Å². The zero-order chi connectivity index (χ0) is 19.1. The van der Waals surface area contributed by atoms with Gasteiger partial charge in [0.2, 0.25) is 5.91 Å². The maximum Gasteiger partial charge on any atom is 0.222 e. The SMILES string of the molecule is CCNC(=NCCc1nnc2n1CCCCC2)NC1CCN(C(=O)CC)C1. The molecule has 3 rings (SSSR count). The van der Waals surface area contributed by atoms with E-state index in [1.165, 1.54) is 19.3 Å². The first-order valence-corrected chi connectivity index (χ1v) is 10.4. The molecule has 150 valence electrons. The van der Waals surface area contributed by atoms with Gasteiger partial charge in [-0.1, -0.05) is 13.3 Å². The summed E-state index contributed by atoms with van der Waals surface area (Å²) in [7, 11) is 0. The minimum absolute atomic E-state index is 0.230. The molecule has 0 radical (unpaired) electrons. The number of hydrogen-bond acceptors (Lipinski definition) is 4. The molecule has 2 N–H and O–H groups in total. The first-order valence-electron chi connectivity index (χ1n) is 10.4. The molecule has 1 saturated heterocycles. The van der Waals surface area contributed by atoms with Crippen LogP contribution in [0.15, 0.2) is 4.99 Å². The predicted molar refractivity (Wildman–Crippen MR) is 106 cm³/mol. The van der Waals surface area contributed by atoms with Crippen molar-refractivity contribution in [2.45, 2.75) is 71.4 Å². The summed E-state index contributed by atoms with van der Waals surface area (Å²) in [6, 6.07) is 0.266. The van der Waals surface area contributed by atoms with E-state index in [0.29, 0.717) is 13.0 Å². The molecule has 1 amide bonds. The molecule has 3 heterocycles. The number of carbonyl (C=O) groups excluding carboxylic acids is 1. The van der Waals surface area contributed by atoms with Crippen molar-refractivity contribution < 1.29 is 4.79 Å². The van der Waals surface area contributed by atoms with E-state index in [1.807, 2.05) is 11.8 Å². The predicted octanol–water partition coefficient (Wildman–Crippen LogP) is 1.11. The summed E-state index contributed by atoms with van der Waals surface area (Å²) in [5.74, 6) is 3.23. The third kappa shape index (κ3) is 5.20. The first-order chi connectivity index (χ1) is 13.2. The number of rotatable bonds is 6. The normalized spacial score (nSPS) is 20.3. The minimum atomic E-state index is 0.230. The number of nitrogens with one attached hydrogen (secondary N) is 2. The number of aliphatic imine (C=N–C) groups is 1. The van der Waals surface area contributed by atoms with Crippen LogP contribution in [0.5, 0.6) is 0 Å². The van der Waals surface area contributed by atoms with E-state index in [0.717, 1.165) is 63.0 Å². The number of hydrogen-bond donors (Lipinski definition) is 2. The standard InChI is InChI=1S/C19H33N7O/c1-3-18(27)25-13-10-15(14-25)22-19(20-4-2)21-11-9-17-24-23-16-8-6-5-7-12-26(16)17/h15H,3-14H2,1-2H3,(H2,20,21,22). The van der Waals surface area contributed by atoms with Crippen molar-refractivity contribution in [3.8, 4) is 0 Å². The zero-order valence-electron chi connectivity index (χ0n) is 16.7. The summed E-state index contributed by atoms with van der Waals surface area (Å²) in [5, 5.41) is 15.5. The molecule has 0 bridgehead atoms. The van der Waals surface area contributed by atoms with Crippen molar-refractivity contribution in [3.05, 3.63) is 11.6 Å². The lowest BCUT2D eigenvalue weighted by Gasteiger charge is -2.18. The summed E-state index contributed by atoms with van der Waals surface area (Å²) in [4.78, 5) is 18.5. The van der Waals surface area contributed by atoms with Crippen LogP contribution in [0, 0.1) is 0 Å². The molecule has 0 saturated carbocycles. The lowest BCUT2D eigenvalue weighted by Crippen LogP contribution is -2.45. The number of amides is 1. The first kappa shape index (κ1) is 19.6. The summed E-state index contributed by atoms with van der Waals surface area (Å²) < 4.78 is 2.29. The average Bonchev–Trinajstić information content (AvgIpc) is 3.22. The third-order valence-corrected chi connectivity index (χ3v) is 5.32. The van der Waals surface area contributed by atoms with Crippen molar-refractivity contribution in [1.29, 1.82) is 0 Å². The van der Waals surface area contributed by atoms with Crippen LogP contribution >= 0.6 is 0 Å². The highest BCUT2D eigenvalue weighted by Crippen LogP contribution is 2.15. The van der Waals surface area contributed by atoms with Gasteiger partial charge in [0.1, 0.15) is 11.6 Å². The van der Waals surface area contributed by atoms with Gasteiger partial charge < -0.3 is 20.1 Å². The Morgan fingerprint density at radius 2 is 2.11 bits per heavy atom. The maximum absolute atomic E-state index is 11.9. The van der Waals surface area contributed by atoms with E-state index in [9.17, 15) is 4.79 Å². The Morgan fingerprint density at radius 1 is 1.22 bits per heavy atom. The van der Waals surface area contributed by atoms with Crippen molar-refractivity contribution in [2.24, 2.45) is 4.99 Å². The largest absolute Gasteiger partial charge is 0.357 e. The molecule has 1 aromatic heterocycles. The van der Waals surface area contributed by atoms with Gasteiger partial charge in [0.25, 0.3) is 0 Å². The summed E-state index contributed by atoms with van der Waals surface area (Å²) in [5.41, 5.74) is 0. The second-order valence-corrected chi connectivity index (χ2v) is 7.33. The Balaban J connectivity index is 1.54. The van der Waals surface area contributed by atoms with Gasteiger partial charge in [0, 0.05) is 58.0 Å². The number of fused-ring (bicyclic) bond motifs is 1. The topological polar surface area (TPSA) is 87.4 Å². The molecule has 1 aromatic rings. The van der Waals surface area contributed by atoms with Gasteiger partial charge in [-0.25, -0.2) is 0 Å². The number of aromatic nitrogens is 3. The fraction of sp³-hybridized carbons (Fsp3) is 0.789. The number of aryl methyl sites for hydroxylation is 1. The molecule has 1 fully saturated rings. The zero-order valence-corrected chi connectivity index (χ0v) is 16.7. The molecule has 0 aliphatic carbocycles. The molecular weight excluding hydrogens is 342 g/mol. The minimum Gasteiger partial charge on any atom is -0.357 e. The van der Waals surface area contributed by atoms with Crippen LogP contribution in [-0.4, -0.2) is 63.8 Å². The van der Waals surface area contributed by atoms with E-state index in [4.69, 9.17) is 4.99 Å². The van der Waals surface area contributed by atoms with E-state index in [-0.39, 0.29) is 11.9 Å². The molecule has 1 atom stereocenters. The lowest BCUT2D eigenvalue weighted by atomic mass is 10.2. The van der Waals surface area contributed by atoms with E-state index in [1.54, 1.807) is 0 Å². The van der Waals surface area contributed by atoms with Crippen LogP contribution in [0.2, 0.25) is 0 Å². The average molecular weight is 376 g/mol. The van der Waals surface area contributed by atoms with Crippen LogP contribution in [0.3, 0.4) is 0 Å². The molecule has 2 aliphatic heterocycles. The fourth-order valence-electron chi connectivity index (χ4n) is 3.84. The van der Waals surface area contributed by atoms with Crippen LogP contribution in [0.25, 0.3) is 0 Å². The fourth-order valence-corrected chi connectivity index (χ4v) is 3.84. The van der Waals surface area contributed by atoms with Gasteiger partial charge in [0.15, 0.2) is 5.96 Å². The molecule has 8 heteroatoms. The number of likely N-dealkylation sites (tertiary alicyclic amines) is 1. The van der Waals surface area contributed by atoms with Crippen LogP contribution in [0.1, 0.15) is 57.6 Å². The summed E-state index contributed by atoms with van der Waals surface area (Å²) in [6.07, 6.45) is 7.07. The van der Waals surface area contributed by atoms with E-state index in [2.05, 4.69) is 32.3 Å². The molecular formula is C19H33N7O. The quantitative estimate of drug-likeness (QED) is 0.575. The number of guanidine groups is 1. The number of nitrogens with zero attached hydrogens (tertiary/aromatic N) is 5. The van der Waals surface area contributed by atoms with Crippen molar-refractivity contribution >= 4 is 11.9 Å². The van der Waals surface area contributed by atoms with Gasteiger partial charge >= 0.3 is 0 Å². The van der Waals surface area contributed by atoms with Crippen LogP contribution < -0.4 is 10.6 Å². The highest BCUT2D eigenvalue weighted by atomic mass is 16.2. The lowest BCUT2D eigenvalue weighted by molar-refractivity contribution is -0.129. The molecule has 2 aliphatic rings. The molecule has 0 spiro atoms. The Labute approximate surface area is 161 Å². The number of carbonyl (C=O) groups is 1.